The maximum absolute atomic E-state index is 9.52. The van der Waals surface area contributed by atoms with E-state index in [2.05, 4.69) is 6.07 Å². The molecule has 0 spiro atoms. The molecule has 0 unspecified atom stereocenters. The summed E-state index contributed by atoms with van der Waals surface area (Å²) in [4.78, 5) is 0. The zero-order valence-electron chi connectivity index (χ0n) is 9.68. The molecule has 2 aromatic carbocycles. The van der Waals surface area contributed by atoms with Gasteiger partial charge in [-0.1, -0.05) is 24.3 Å². The first kappa shape index (κ1) is 10.7. The number of nitriles is 1. The second-order valence-corrected chi connectivity index (χ2v) is 4.24. The highest BCUT2D eigenvalue weighted by Gasteiger charge is 2.17. The average Bonchev–Trinajstić information content (AvgIpc) is 2.87. The van der Waals surface area contributed by atoms with E-state index in [0.29, 0.717) is 6.61 Å². The van der Waals surface area contributed by atoms with Crippen LogP contribution < -0.4 is 4.74 Å². The minimum atomic E-state index is 0.00902. The van der Waals surface area contributed by atoms with Gasteiger partial charge in [-0.2, -0.15) is 5.26 Å². The van der Waals surface area contributed by atoms with Crippen molar-refractivity contribution in [2.24, 2.45) is 0 Å². The third-order valence-corrected chi connectivity index (χ3v) is 3.14. The Morgan fingerprint density at radius 2 is 2.11 bits per heavy atom. The first-order valence-corrected chi connectivity index (χ1v) is 5.78. The highest BCUT2D eigenvalue weighted by molar-refractivity contribution is 5.74. The second kappa shape index (κ2) is 4.08. The molecule has 0 radical (unpaired) electrons. The summed E-state index contributed by atoms with van der Waals surface area (Å²) in [7, 11) is 0. The molecule has 0 aromatic heterocycles. The summed E-state index contributed by atoms with van der Waals surface area (Å²) in [5.41, 5.74) is 3.34. The lowest BCUT2D eigenvalue weighted by atomic mass is 9.99. The lowest BCUT2D eigenvalue weighted by molar-refractivity contribution is 0.358. The molecule has 1 aliphatic rings. The SMILES string of the molecule is N#Cc1cc(-c2cccc3c2OCC3)ccc1O. The van der Waals surface area contributed by atoms with Gasteiger partial charge in [-0.05, 0) is 23.3 Å². The minimum absolute atomic E-state index is 0.00902. The zero-order chi connectivity index (χ0) is 12.5. The molecule has 3 heteroatoms. The highest BCUT2D eigenvalue weighted by Crippen LogP contribution is 2.37. The van der Waals surface area contributed by atoms with Gasteiger partial charge in [0.1, 0.15) is 17.6 Å². The monoisotopic (exact) mass is 237 g/mol. The van der Waals surface area contributed by atoms with Gasteiger partial charge >= 0.3 is 0 Å². The molecule has 1 aliphatic heterocycles. The van der Waals surface area contributed by atoms with Crippen LogP contribution in [0.3, 0.4) is 0 Å². The Kier molecular flexibility index (Phi) is 2.42. The van der Waals surface area contributed by atoms with E-state index < -0.39 is 0 Å². The van der Waals surface area contributed by atoms with Gasteiger partial charge in [0.2, 0.25) is 0 Å². The van der Waals surface area contributed by atoms with Crippen LogP contribution >= 0.6 is 0 Å². The predicted molar refractivity (Wildman–Crippen MR) is 67.5 cm³/mol. The van der Waals surface area contributed by atoms with Gasteiger partial charge in [-0.25, -0.2) is 0 Å². The lowest BCUT2D eigenvalue weighted by Crippen LogP contribution is -1.89. The molecule has 2 aromatic rings. The fraction of sp³-hybridized carbons (Fsp3) is 0.133. The first-order chi connectivity index (χ1) is 8.79. The number of phenols is 1. The summed E-state index contributed by atoms with van der Waals surface area (Å²) in [6.45, 7) is 0.704. The summed E-state index contributed by atoms with van der Waals surface area (Å²) in [5.74, 6) is 0.904. The first-order valence-electron chi connectivity index (χ1n) is 5.78. The molecule has 0 bridgehead atoms. The average molecular weight is 237 g/mol. The summed E-state index contributed by atoms with van der Waals surface area (Å²) >= 11 is 0. The molecule has 0 amide bonds. The van der Waals surface area contributed by atoms with E-state index in [1.165, 1.54) is 5.56 Å². The van der Waals surface area contributed by atoms with E-state index in [0.717, 1.165) is 23.3 Å². The van der Waals surface area contributed by atoms with Gasteiger partial charge in [0.05, 0.1) is 12.2 Å². The van der Waals surface area contributed by atoms with Gasteiger partial charge in [-0.3, -0.25) is 0 Å². The molecule has 0 saturated carbocycles. The van der Waals surface area contributed by atoms with Crippen molar-refractivity contribution < 1.29 is 9.84 Å². The number of nitrogens with zero attached hydrogens (tertiary/aromatic N) is 1. The van der Waals surface area contributed by atoms with Crippen LogP contribution in [0, 0.1) is 11.3 Å². The maximum atomic E-state index is 9.52. The molecule has 0 fully saturated rings. The standard InChI is InChI=1S/C15H11NO2/c16-9-12-8-11(4-5-14(12)17)13-3-1-2-10-6-7-18-15(10)13/h1-5,8,17H,6-7H2. The number of fused-ring (bicyclic) bond motifs is 1. The van der Waals surface area contributed by atoms with Crippen LogP contribution in [0.25, 0.3) is 11.1 Å². The molecule has 18 heavy (non-hydrogen) atoms. The number of aromatic hydroxyl groups is 1. The van der Waals surface area contributed by atoms with Crippen molar-refractivity contribution in [2.75, 3.05) is 6.61 Å². The van der Waals surface area contributed by atoms with Crippen molar-refractivity contribution in [3.8, 4) is 28.7 Å². The Morgan fingerprint density at radius 1 is 1.22 bits per heavy atom. The van der Waals surface area contributed by atoms with Crippen molar-refractivity contribution in [3.05, 3.63) is 47.5 Å². The largest absolute Gasteiger partial charge is 0.507 e. The van der Waals surface area contributed by atoms with Gasteiger partial charge in [0.25, 0.3) is 0 Å². The third kappa shape index (κ3) is 1.59. The molecular weight excluding hydrogens is 226 g/mol. The second-order valence-electron chi connectivity index (χ2n) is 4.24. The van der Waals surface area contributed by atoms with Crippen molar-refractivity contribution in [1.82, 2.24) is 0 Å². The Bertz CT molecular complexity index is 656. The van der Waals surface area contributed by atoms with Gasteiger partial charge in [0, 0.05) is 12.0 Å². The molecule has 3 nitrogen and oxygen atoms in total. The van der Waals surface area contributed by atoms with E-state index >= 15 is 0 Å². The van der Waals surface area contributed by atoms with Gasteiger partial charge in [0.15, 0.2) is 0 Å². The fourth-order valence-corrected chi connectivity index (χ4v) is 2.24. The van der Waals surface area contributed by atoms with Crippen LogP contribution in [0.2, 0.25) is 0 Å². The number of hydrogen-bond acceptors (Lipinski definition) is 3. The van der Waals surface area contributed by atoms with Crippen LogP contribution in [0.1, 0.15) is 11.1 Å². The predicted octanol–water partition coefficient (Wildman–Crippen LogP) is 2.87. The number of para-hydroxylation sites is 1. The summed E-state index contributed by atoms with van der Waals surface area (Å²) in [6.07, 6.45) is 0.923. The van der Waals surface area contributed by atoms with Crippen LogP contribution in [0.15, 0.2) is 36.4 Å². The quantitative estimate of drug-likeness (QED) is 0.829. The van der Waals surface area contributed by atoms with Crippen LogP contribution in [0.5, 0.6) is 11.5 Å². The summed E-state index contributed by atoms with van der Waals surface area (Å²) in [6, 6.07) is 13.0. The van der Waals surface area contributed by atoms with E-state index in [-0.39, 0.29) is 11.3 Å². The van der Waals surface area contributed by atoms with Gasteiger partial charge < -0.3 is 9.84 Å². The molecular formula is C15H11NO2. The number of ether oxygens (including phenoxy) is 1. The molecule has 0 atom stereocenters. The molecule has 1 N–H and O–H groups in total. The molecule has 0 saturated heterocycles. The summed E-state index contributed by atoms with van der Waals surface area (Å²) < 4.78 is 5.64. The number of phenolic OH excluding ortho intramolecular Hbond substituents is 1. The zero-order valence-corrected chi connectivity index (χ0v) is 9.68. The molecule has 0 aliphatic carbocycles. The van der Waals surface area contributed by atoms with E-state index in [9.17, 15) is 5.11 Å². The Balaban J connectivity index is 2.17. The number of benzene rings is 2. The van der Waals surface area contributed by atoms with E-state index in [4.69, 9.17) is 10.00 Å². The minimum Gasteiger partial charge on any atom is -0.507 e. The Labute approximate surface area is 105 Å². The van der Waals surface area contributed by atoms with Crippen LogP contribution in [0.4, 0.5) is 0 Å². The Morgan fingerprint density at radius 3 is 2.94 bits per heavy atom. The number of hydrogen-bond donors (Lipinski definition) is 1. The number of rotatable bonds is 1. The van der Waals surface area contributed by atoms with Gasteiger partial charge in [-0.15, -0.1) is 0 Å². The van der Waals surface area contributed by atoms with E-state index in [1.807, 2.05) is 18.2 Å². The molecule has 3 rings (SSSR count). The lowest BCUT2D eigenvalue weighted by Gasteiger charge is -2.08. The molecule has 1 heterocycles. The van der Waals surface area contributed by atoms with Crippen LogP contribution in [-0.4, -0.2) is 11.7 Å². The third-order valence-electron chi connectivity index (χ3n) is 3.14. The van der Waals surface area contributed by atoms with Crippen LogP contribution in [-0.2, 0) is 6.42 Å². The topological polar surface area (TPSA) is 53.2 Å². The fourth-order valence-electron chi connectivity index (χ4n) is 2.24. The smallest absolute Gasteiger partial charge is 0.133 e. The van der Waals surface area contributed by atoms with Crippen molar-refractivity contribution in [2.45, 2.75) is 6.42 Å². The highest BCUT2D eigenvalue weighted by atomic mass is 16.5. The van der Waals surface area contributed by atoms with Crippen molar-refractivity contribution in [3.63, 3.8) is 0 Å². The van der Waals surface area contributed by atoms with E-state index in [1.54, 1.807) is 18.2 Å². The normalized spacial score (nSPS) is 12.6. The Hall–Kier alpha value is -2.47. The maximum Gasteiger partial charge on any atom is 0.133 e. The summed E-state index contributed by atoms with van der Waals surface area (Å²) in [5, 5.41) is 18.5. The molecule has 88 valence electrons. The van der Waals surface area contributed by atoms with Crippen molar-refractivity contribution >= 4 is 0 Å². The van der Waals surface area contributed by atoms with Crippen molar-refractivity contribution in [1.29, 1.82) is 5.26 Å².